The number of allylic oxidation sites excluding steroid dienone is 8. The van der Waals surface area contributed by atoms with Crippen molar-refractivity contribution in [1.29, 1.82) is 0 Å². The molecule has 2 aliphatic carbocycles. The topological polar surface area (TPSA) is 9.23 Å². The third-order valence-corrected chi connectivity index (χ3v) is 7.91. The lowest BCUT2D eigenvalue weighted by Crippen LogP contribution is -2.38. The van der Waals surface area contributed by atoms with Crippen LogP contribution in [-0.4, -0.2) is 14.7 Å². The first-order valence-corrected chi connectivity index (χ1v) is 7.79. The van der Waals surface area contributed by atoms with E-state index >= 15 is 0 Å². The molecule has 0 aliphatic heterocycles. The maximum absolute atomic E-state index is 6.65. The summed E-state index contributed by atoms with van der Waals surface area (Å²) in [7, 11) is -0.511. The number of rotatable bonds is 3. The van der Waals surface area contributed by atoms with Gasteiger partial charge in [0.15, 0.2) is 0 Å². The van der Waals surface area contributed by atoms with Crippen LogP contribution in [0.15, 0.2) is 48.6 Å². The molecule has 0 saturated heterocycles. The van der Waals surface area contributed by atoms with Gasteiger partial charge in [-0.2, -0.15) is 0 Å². The molecule has 3 heteroatoms. The zero-order chi connectivity index (χ0) is 10.0. The van der Waals surface area contributed by atoms with Gasteiger partial charge in [0.1, 0.15) is 0 Å². The summed E-state index contributed by atoms with van der Waals surface area (Å²) in [5.74, 6) is 0. The highest BCUT2D eigenvalue weighted by molar-refractivity contribution is 7.19. The van der Waals surface area contributed by atoms with E-state index in [1.54, 1.807) is 7.11 Å². The fourth-order valence-corrected chi connectivity index (χ4v) is 5.24. The molecule has 0 fully saturated rings. The molecular formula is C11H13ClOSi. The van der Waals surface area contributed by atoms with Crippen molar-refractivity contribution in [1.82, 2.24) is 0 Å². The lowest BCUT2D eigenvalue weighted by Gasteiger charge is -2.30. The molecule has 0 saturated carbocycles. The van der Waals surface area contributed by atoms with Crippen molar-refractivity contribution in [3.8, 4) is 0 Å². The second-order valence-electron chi connectivity index (χ2n) is 3.49. The Labute approximate surface area is 90.2 Å². The average molecular weight is 225 g/mol. The van der Waals surface area contributed by atoms with Gasteiger partial charge < -0.3 is 4.43 Å². The molecule has 1 nitrogen and oxygen atoms in total. The van der Waals surface area contributed by atoms with E-state index in [2.05, 4.69) is 24.3 Å². The third kappa shape index (κ3) is 1.54. The highest BCUT2D eigenvalue weighted by Crippen LogP contribution is 2.43. The first-order valence-electron chi connectivity index (χ1n) is 4.71. The Morgan fingerprint density at radius 1 is 0.929 bits per heavy atom. The quantitative estimate of drug-likeness (QED) is 0.528. The Kier molecular flexibility index (Phi) is 2.77. The molecule has 0 N–H and O–H groups in total. The second kappa shape index (κ2) is 3.89. The first-order chi connectivity index (χ1) is 6.77. The lowest BCUT2D eigenvalue weighted by molar-refractivity contribution is 0.405. The van der Waals surface area contributed by atoms with E-state index in [1.165, 1.54) is 0 Å². The normalized spacial score (nSPS) is 21.6. The van der Waals surface area contributed by atoms with Crippen molar-refractivity contribution < 1.29 is 4.43 Å². The van der Waals surface area contributed by atoms with E-state index in [-0.39, 0.29) is 11.1 Å². The van der Waals surface area contributed by atoms with Crippen LogP contribution >= 0.6 is 11.1 Å². The van der Waals surface area contributed by atoms with Gasteiger partial charge in [-0.1, -0.05) is 48.6 Å². The number of hydrogen-bond acceptors (Lipinski definition) is 1. The van der Waals surface area contributed by atoms with Crippen molar-refractivity contribution >= 4 is 18.7 Å². The minimum absolute atomic E-state index is 0.284. The molecule has 0 bridgehead atoms. The van der Waals surface area contributed by atoms with E-state index in [4.69, 9.17) is 15.5 Å². The van der Waals surface area contributed by atoms with Crippen molar-refractivity contribution in [2.24, 2.45) is 0 Å². The van der Waals surface area contributed by atoms with E-state index in [1.807, 2.05) is 24.3 Å². The Hall–Kier alpha value is -0.573. The summed E-state index contributed by atoms with van der Waals surface area (Å²) in [4.78, 5) is 0. The molecule has 0 unspecified atom stereocenters. The summed E-state index contributed by atoms with van der Waals surface area (Å²) in [5.41, 5.74) is 0.568. The minimum atomic E-state index is -2.23. The minimum Gasteiger partial charge on any atom is -0.405 e. The largest absolute Gasteiger partial charge is 0.405 e. The van der Waals surface area contributed by atoms with E-state index < -0.39 is 7.63 Å². The SMILES string of the molecule is CO[Si](Cl)(C1C=CC=C1)C1C=CC=C1. The van der Waals surface area contributed by atoms with E-state index in [0.717, 1.165) is 0 Å². The standard InChI is InChI=1S/C11H13ClOSi/c1-13-14(12,10-6-2-3-7-10)11-8-4-5-9-11/h2-11H,1H3. The van der Waals surface area contributed by atoms with Crippen LogP contribution in [0.1, 0.15) is 0 Å². The lowest BCUT2D eigenvalue weighted by atomic mass is 10.4. The monoisotopic (exact) mass is 224 g/mol. The molecule has 0 amide bonds. The van der Waals surface area contributed by atoms with Crippen LogP contribution in [0.2, 0.25) is 11.1 Å². The maximum atomic E-state index is 6.65. The van der Waals surface area contributed by atoms with Gasteiger partial charge in [0.05, 0.1) is 0 Å². The van der Waals surface area contributed by atoms with Crippen LogP contribution in [0.5, 0.6) is 0 Å². The van der Waals surface area contributed by atoms with Gasteiger partial charge >= 0.3 is 7.63 Å². The molecular weight excluding hydrogens is 212 g/mol. The molecule has 14 heavy (non-hydrogen) atoms. The zero-order valence-corrected chi connectivity index (χ0v) is 9.82. The zero-order valence-electron chi connectivity index (χ0n) is 8.06. The van der Waals surface area contributed by atoms with Gasteiger partial charge in [-0.15, -0.1) is 11.1 Å². The molecule has 0 heterocycles. The van der Waals surface area contributed by atoms with Gasteiger partial charge in [0.25, 0.3) is 0 Å². The molecule has 2 rings (SSSR count). The smallest absolute Gasteiger partial charge is 0.311 e. The van der Waals surface area contributed by atoms with Crippen LogP contribution in [-0.2, 0) is 4.43 Å². The first kappa shape index (κ1) is 9.96. The van der Waals surface area contributed by atoms with Gasteiger partial charge in [-0.25, -0.2) is 0 Å². The average Bonchev–Trinajstić information content (AvgIpc) is 2.88. The van der Waals surface area contributed by atoms with Gasteiger partial charge in [0.2, 0.25) is 0 Å². The molecule has 0 spiro atoms. The molecule has 74 valence electrons. The summed E-state index contributed by atoms with van der Waals surface area (Å²) in [6.07, 6.45) is 16.7. The summed E-state index contributed by atoms with van der Waals surface area (Å²) >= 11 is 6.65. The van der Waals surface area contributed by atoms with Crippen molar-refractivity contribution in [3.05, 3.63) is 48.6 Å². The Morgan fingerprint density at radius 3 is 1.57 bits per heavy atom. The van der Waals surface area contributed by atoms with Crippen LogP contribution < -0.4 is 0 Å². The van der Waals surface area contributed by atoms with E-state index in [9.17, 15) is 0 Å². The third-order valence-electron chi connectivity index (χ3n) is 2.72. The van der Waals surface area contributed by atoms with Gasteiger partial charge in [0, 0.05) is 18.2 Å². The summed E-state index contributed by atoms with van der Waals surface area (Å²) in [6.45, 7) is 0. The van der Waals surface area contributed by atoms with Crippen LogP contribution in [0.3, 0.4) is 0 Å². The fraction of sp³-hybridized carbons (Fsp3) is 0.273. The van der Waals surface area contributed by atoms with E-state index in [0.29, 0.717) is 0 Å². The summed E-state index contributed by atoms with van der Waals surface area (Å²) in [5, 5.41) is 0. The number of halogens is 1. The van der Waals surface area contributed by atoms with Gasteiger partial charge in [-0.05, 0) is 0 Å². The molecule has 0 aromatic heterocycles. The predicted octanol–water partition coefficient (Wildman–Crippen LogP) is 3.31. The van der Waals surface area contributed by atoms with Crippen molar-refractivity contribution in [2.75, 3.05) is 7.11 Å². The highest BCUT2D eigenvalue weighted by atomic mass is 35.6. The van der Waals surface area contributed by atoms with Crippen molar-refractivity contribution in [3.63, 3.8) is 0 Å². The molecule has 2 aliphatic rings. The van der Waals surface area contributed by atoms with Gasteiger partial charge in [-0.3, -0.25) is 0 Å². The van der Waals surface area contributed by atoms with Crippen LogP contribution in [0.25, 0.3) is 0 Å². The molecule has 0 aromatic rings. The Balaban J connectivity index is 2.24. The van der Waals surface area contributed by atoms with Crippen molar-refractivity contribution in [2.45, 2.75) is 11.1 Å². The molecule has 0 radical (unpaired) electrons. The Morgan fingerprint density at radius 2 is 1.29 bits per heavy atom. The molecule has 0 aromatic carbocycles. The fourth-order valence-electron chi connectivity index (χ4n) is 1.88. The Bertz CT molecular complexity index is 278. The number of hydrogen-bond donors (Lipinski definition) is 0. The highest BCUT2D eigenvalue weighted by Gasteiger charge is 2.45. The molecule has 0 atom stereocenters. The predicted molar refractivity (Wildman–Crippen MR) is 62.7 cm³/mol. The van der Waals surface area contributed by atoms with Crippen LogP contribution in [0, 0.1) is 0 Å². The summed E-state index contributed by atoms with van der Waals surface area (Å²) in [6, 6.07) is 0. The van der Waals surface area contributed by atoms with Crippen LogP contribution in [0.4, 0.5) is 0 Å². The maximum Gasteiger partial charge on any atom is 0.311 e. The second-order valence-corrected chi connectivity index (χ2v) is 8.40. The summed E-state index contributed by atoms with van der Waals surface area (Å²) < 4.78 is 5.60.